The van der Waals surface area contributed by atoms with E-state index in [0.717, 1.165) is 19.3 Å². The zero-order valence-electron chi connectivity index (χ0n) is 28.4. The fourth-order valence-corrected chi connectivity index (χ4v) is 12.7. The number of carbonyl (C=O) groups is 1. The number of aliphatic hydroxyl groups excluding tert-OH is 6. The van der Waals surface area contributed by atoms with E-state index >= 15 is 0 Å². The van der Waals surface area contributed by atoms with Gasteiger partial charge in [-0.2, -0.15) is 0 Å². The average Bonchev–Trinajstić information content (AvgIpc) is 3.24. The first-order valence-electron chi connectivity index (χ1n) is 17.4. The molecule has 0 aromatic heterocycles. The van der Waals surface area contributed by atoms with Crippen molar-refractivity contribution in [2.45, 2.75) is 143 Å². The number of ether oxygens (including phenoxy) is 2. The summed E-state index contributed by atoms with van der Waals surface area (Å²) in [7, 11) is 0. The molecule has 16 atom stereocenters. The Kier molecular flexibility index (Phi) is 8.15. The van der Waals surface area contributed by atoms with Crippen LogP contribution in [0, 0.1) is 56.7 Å². The molecule has 0 unspecified atom stereocenters. The molecule has 1 heterocycles. The summed E-state index contributed by atoms with van der Waals surface area (Å²) >= 11 is 0. The molecule has 4 saturated carbocycles. The molecular weight excluding hydrogens is 576 g/mol. The maximum atomic E-state index is 13.9. The van der Waals surface area contributed by atoms with E-state index in [1.165, 1.54) is 5.57 Å². The summed E-state index contributed by atoms with van der Waals surface area (Å²) in [6, 6.07) is 0. The van der Waals surface area contributed by atoms with Gasteiger partial charge in [-0.15, -0.1) is 0 Å². The molecule has 6 aliphatic rings. The predicted octanol–water partition coefficient (Wildman–Crippen LogP) is 2.97. The van der Waals surface area contributed by atoms with Crippen molar-refractivity contribution in [1.82, 2.24) is 0 Å². The lowest BCUT2D eigenvalue weighted by atomic mass is 9.35. The van der Waals surface area contributed by atoms with E-state index < -0.39 is 66.5 Å². The van der Waals surface area contributed by atoms with Crippen LogP contribution in [0.1, 0.15) is 93.9 Å². The number of Topliss-reactive ketones (excluding diaryl/α,β-unsaturated/α-hetero) is 1. The minimum atomic E-state index is -1.55. The Balaban J connectivity index is 1.32. The molecule has 0 bridgehead atoms. The minimum Gasteiger partial charge on any atom is -0.394 e. The summed E-state index contributed by atoms with van der Waals surface area (Å²) in [4.78, 5) is 13.9. The monoisotopic (exact) mass is 634 g/mol. The molecule has 0 aromatic rings. The van der Waals surface area contributed by atoms with Gasteiger partial charge in [-0.1, -0.05) is 67.0 Å². The number of allylic oxidation sites excluding steroid dienone is 2. The van der Waals surface area contributed by atoms with Crippen LogP contribution >= 0.6 is 0 Å². The highest BCUT2D eigenvalue weighted by Gasteiger charge is 2.73. The Labute approximate surface area is 268 Å². The van der Waals surface area contributed by atoms with Gasteiger partial charge in [0, 0.05) is 17.8 Å². The van der Waals surface area contributed by atoms with Gasteiger partial charge in [-0.3, -0.25) is 4.79 Å². The van der Waals surface area contributed by atoms with Crippen molar-refractivity contribution in [1.29, 1.82) is 0 Å². The molecular formula is C36H58O9. The summed E-state index contributed by atoms with van der Waals surface area (Å²) in [5.74, 6) is 0.895. The quantitative estimate of drug-likeness (QED) is 0.202. The Morgan fingerprint density at radius 1 is 0.933 bits per heavy atom. The summed E-state index contributed by atoms with van der Waals surface area (Å²) in [6.45, 7) is 17.1. The van der Waals surface area contributed by atoms with Gasteiger partial charge in [0.1, 0.15) is 30.2 Å². The van der Waals surface area contributed by atoms with Crippen LogP contribution in [0.4, 0.5) is 0 Å². The third kappa shape index (κ3) is 4.37. The van der Waals surface area contributed by atoms with Crippen molar-refractivity contribution in [2.24, 2.45) is 56.7 Å². The van der Waals surface area contributed by atoms with Crippen molar-refractivity contribution in [3.05, 3.63) is 11.6 Å². The van der Waals surface area contributed by atoms with Gasteiger partial charge < -0.3 is 40.1 Å². The van der Waals surface area contributed by atoms with Gasteiger partial charge in [-0.05, 0) is 77.4 Å². The Bertz CT molecular complexity index is 1210. The highest BCUT2D eigenvalue weighted by atomic mass is 16.7. The molecule has 0 amide bonds. The van der Waals surface area contributed by atoms with Gasteiger partial charge in [-0.25, -0.2) is 0 Å². The molecule has 45 heavy (non-hydrogen) atoms. The standard InChI is InChI=1S/C36H58O9/c1-17(2)20-13-21(38)29-34(6)12-11-18-19(35(34,7)15-25(40)36(20,29)8)9-10-24-32(3,4)30(22(39)14-33(18,24)5)45-31-28(43)27(42)26(41)23(16-37)44-31/h11,17,19-20,22-31,37,39-43H,9-10,12-16H2,1-8H3/t19-,20-,22-,23-,24+,25-,26-,27+,28-,29+,30+,31+,33-,34+,35-,36+/m1/s1. The zero-order chi connectivity index (χ0) is 33.2. The first kappa shape index (κ1) is 34.0. The van der Waals surface area contributed by atoms with E-state index in [1.807, 2.05) is 0 Å². The second-order valence-corrected chi connectivity index (χ2v) is 17.7. The lowest BCUT2D eigenvalue weighted by molar-refractivity contribution is -0.336. The Morgan fingerprint density at radius 2 is 1.60 bits per heavy atom. The number of rotatable bonds is 4. The largest absolute Gasteiger partial charge is 0.394 e. The number of ketones is 1. The van der Waals surface area contributed by atoms with Crippen molar-refractivity contribution in [3.8, 4) is 0 Å². The van der Waals surface area contributed by atoms with Crippen LogP contribution in [-0.2, 0) is 14.3 Å². The van der Waals surface area contributed by atoms with Crippen LogP contribution in [0.15, 0.2) is 11.6 Å². The molecule has 6 N–H and O–H groups in total. The van der Waals surface area contributed by atoms with E-state index in [9.17, 15) is 35.4 Å². The molecule has 9 nitrogen and oxygen atoms in total. The highest BCUT2D eigenvalue weighted by molar-refractivity contribution is 5.86. The number of carbonyl (C=O) groups excluding carboxylic acids is 1. The van der Waals surface area contributed by atoms with Crippen molar-refractivity contribution < 1.29 is 44.9 Å². The van der Waals surface area contributed by atoms with Crippen LogP contribution in [-0.4, -0.2) is 92.0 Å². The van der Waals surface area contributed by atoms with Gasteiger partial charge in [0.05, 0.1) is 24.9 Å². The van der Waals surface area contributed by atoms with Gasteiger partial charge in [0.15, 0.2) is 6.29 Å². The molecule has 1 saturated heterocycles. The Hall–Kier alpha value is -0.910. The lowest BCUT2D eigenvalue weighted by Crippen LogP contribution is -2.67. The molecule has 6 rings (SSSR count). The number of hydrogen-bond acceptors (Lipinski definition) is 9. The highest BCUT2D eigenvalue weighted by Crippen LogP contribution is 2.75. The predicted molar refractivity (Wildman–Crippen MR) is 166 cm³/mol. The molecule has 9 heteroatoms. The number of hydrogen-bond donors (Lipinski definition) is 6. The lowest BCUT2D eigenvalue weighted by Gasteiger charge is -2.70. The smallest absolute Gasteiger partial charge is 0.187 e. The topological polar surface area (TPSA) is 157 Å². The summed E-state index contributed by atoms with van der Waals surface area (Å²) in [5, 5.41) is 64.7. The number of aliphatic hydroxyl groups is 6. The fourth-order valence-electron chi connectivity index (χ4n) is 12.7. The third-order valence-electron chi connectivity index (χ3n) is 15.1. The van der Waals surface area contributed by atoms with E-state index in [-0.39, 0.29) is 39.9 Å². The molecule has 0 aromatic carbocycles. The molecule has 5 fully saturated rings. The molecule has 256 valence electrons. The Morgan fingerprint density at radius 3 is 2.22 bits per heavy atom. The van der Waals surface area contributed by atoms with E-state index in [0.29, 0.717) is 31.0 Å². The van der Waals surface area contributed by atoms with Crippen LogP contribution < -0.4 is 0 Å². The summed E-state index contributed by atoms with van der Waals surface area (Å²) in [5.41, 5.74) is -0.582. The van der Waals surface area contributed by atoms with Crippen molar-refractivity contribution in [3.63, 3.8) is 0 Å². The second-order valence-electron chi connectivity index (χ2n) is 17.7. The first-order valence-corrected chi connectivity index (χ1v) is 17.4. The average molecular weight is 635 g/mol. The molecule has 0 radical (unpaired) electrons. The van der Waals surface area contributed by atoms with Crippen molar-refractivity contribution >= 4 is 5.78 Å². The van der Waals surface area contributed by atoms with E-state index in [2.05, 4.69) is 61.5 Å². The third-order valence-corrected chi connectivity index (χ3v) is 15.1. The van der Waals surface area contributed by atoms with Crippen LogP contribution in [0.5, 0.6) is 0 Å². The zero-order valence-corrected chi connectivity index (χ0v) is 28.4. The second kappa shape index (κ2) is 10.8. The van der Waals surface area contributed by atoms with Crippen LogP contribution in [0.2, 0.25) is 0 Å². The molecule has 5 aliphatic carbocycles. The SMILES string of the molecule is CC(C)[C@H]1CC(=O)[C@@H]2[C@]1(C)[C@H](O)C[C@]1(C)[C@@H]3CC[C@H]4C(C)(C)[C@@H](O[C@@H]5O[C@H](CO)[C@@H](O)[C@H](O)[C@H]5O)[C@H](O)C[C@]4(C)C3=CC[C@@]21C. The van der Waals surface area contributed by atoms with Gasteiger partial charge in [0.25, 0.3) is 0 Å². The van der Waals surface area contributed by atoms with E-state index in [4.69, 9.17) is 9.47 Å². The number of fused-ring (bicyclic) bond motifs is 7. The van der Waals surface area contributed by atoms with Crippen molar-refractivity contribution in [2.75, 3.05) is 6.61 Å². The first-order chi connectivity index (χ1) is 20.8. The maximum Gasteiger partial charge on any atom is 0.187 e. The van der Waals surface area contributed by atoms with Crippen LogP contribution in [0.25, 0.3) is 0 Å². The maximum absolute atomic E-state index is 13.9. The van der Waals surface area contributed by atoms with E-state index in [1.54, 1.807) is 0 Å². The van der Waals surface area contributed by atoms with Gasteiger partial charge >= 0.3 is 0 Å². The summed E-state index contributed by atoms with van der Waals surface area (Å²) < 4.78 is 12.0. The molecule has 0 spiro atoms. The summed E-state index contributed by atoms with van der Waals surface area (Å²) in [6.07, 6.45) is -2.58. The van der Waals surface area contributed by atoms with Crippen LogP contribution in [0.3, 0.4) is 0 Å². The fraction of sp³-hybridized carbons (Fsp3) is 0.917. The molecule has 1 aliphatic heterocycles. The normalized spacial score (nSPS) is 55.8. The van der Waals surface area contributed by atoms with Gasteiger partial charge in [0.2, 0.25) is 0 Å². The minimum absolute atomic E-state index is 0.121.